The van der Waals surface area contributed by atoms with E-state index in [4.69, 9.17) is 28.4 Å². The number of hydrogen-bond donors (Lipinski definition) is 4. The van der Waals surface area contributed by atoms with Crippen LogP contribution in [0, 0.1) is 150 Å². The molecule has 3 radical (unpaired) electrons. The van der Waals surface area contributed by atoms with Gasteiger partial charge in [-0.1, -0.05) is 20.8 Å². The summed E-state index contributed by atoms with van der Waals surface area (Å²) >= 11 is 0. The van der Waals surface area contributed by atoms with Gasteiger partial charge in [0.15, 0.2) is 18.4 Å². The molecule has 0 bridgehead atoms. The molecule has 3 aliphatic rings. The van der Waals surface area contributed by atoms with Gasteiger partial charge in [-0.3, -0.25) is 9.59 Å². The summed E-state index contributed by atoms with van der Waals surface area (Å²) in [5, 5.41) is 46.1. The Kier molecular flexibility index (Phi) is 24.4. The van der Waals surface area contributed by atoms with E-state index in [1.165, 1.54) is 20.1 Å². The molecule has 16 atom stereocenters. The zero-order chi connectivity index (χ0) is 38.1. The number of cyclic esters (lactones) is 1. The molecular weight excluding hydrogens is 1330 g/mol. The third-order valence-electron chi connectivity index (χ3n) is 11.2. The first-order chi connectivity index (χ1) is 23.0. The van der Waals surface area contributed by atoms with Crippen LogP contribution in [0.15, 0.2) is 11.6 Å². The molecule has 13 nitrogen and oxygen atoms in total. The van der Waals surface area contributed by atoms with E-state index in [2.05, 4.69) is 0 Å². The maximum absolute atomic E-state index is 14.0. The number of carbonyl (C=O) groups is 2. The van der Waals surface area contributed by atoms with E-state index in [1.807, 2.05) is 25.9 Å². The van der Waals surface area contributed by atoms with Gasteiger partial charge < -0.3 is 53.7 Å². The first-order valence-corrected chi connectivity index (χ1v) is 18.1. The van der Waals surface area contributed by atoms with Crippen LogP contribution in [-0.2, 0) is 38.0 Å². The molecular formula is C37H65Ac3NO12. The van der Waals surface area contributed by atoms with Gasteiger partial charge in [-0.15, -0.1) is 0 Å². The van der Waals surface area contributed by atoms with Crippen LogP contribution < -0.4 is 0 Å². The minimum Gasteiger partial charge on any atom is -0.459 e. The molecule has 3 heterocycles. The van der Waals surface area contributed by atoms with Crippen molar-refractivity contribution in [2.75, 3.05) is 21.2 Å². The molecule has 0 aromatic carbocycles. The standard InChI is InChI=1S/C37H65NO12.3Ac/c1-14-26-35(8,43)16-19(2)28(39)20(3)17-36(9,44)32(50-34-29(40)25(38(11)12)15-21(4)46-34)22(5)30(23(6)33(42)48-26)49-27-18-37(10,45-13)31(41)24(7)47-27;;;/h16,20-27,29-32,34,40-41,43-44H,14-15,17-18H2,1-13H3;;;/b19-16+;;;/t20-,21-,22+,23-,24+,25+,26-,27+,29-,30+,31+,32-,34?,35+,36-,37-;;;/m1.../s1. The first kappa shape index (κ1) is 55.8. The number of aliphatic hydroxyl groups is 4. The number of rotatable bonds is 7. The maximum atomic E-state index is 14.0. The maximum Gasteiger partial charge on any atom is 0.311 e. The Morgan fingerprint density at radius 1 is 0.943 bits per heavy atom. The molecule has 3 aliphatic heterocycles. The molecule has 0 spiro atoms. The number of esters is 1. The Hall–Kier alpha value is 2.80. The van der Waals surface area contributed by atoms with E-state index in [0.29, 0.717) is 6.42 Å². The van der Waals surface area contributed by atoms with Crippen molar-refractivity contribution in [1.82, 2.24) is 4.90 Å². The van der Waals surface area contributed by atoms with Gasteiger partial charge in [0.25, 0.3) is 0 Å². The molecule has 16 heteroatoms. The summed E-state index contributed by atoms with van der Waals surface area (Å²) < 4.78 is 37.2. The summed E-state index contributed by atoms with van der Waals surface area (Å²) in [5.41, 5.74) is -4.16. The van der Waals surface area contributed by atoms with Crippen molar-refractivity contribution in [2.45, 2.75) is 173 Å². The van der Waals surface area contributed by atoms with Crippen LogP contribution in [0.2, 0.25) is 0 Å². The summed E-state index contributed by atoms with van der Waals surface area (Å²) in [7, 11) is 5.22. The van der Waals surface area contributed by atoms with Crippen LogP contribution in [0.3, 0.4) is 0 Å². The van der Waals surface area contributed by atoms with Crippen molar-refractivity contribution in [1.29, 1.82) is 0 Å². The van der Waals surface area contributed by atoms with Gasteiger partial charge in [-0.05, 0) is 93.5 Å². The molecule has 2 saturated heterocycles. The fourth-order valence-corrected chi connectivity index (χ4v) is 8.09. The van der Waals surface area contributed by atoms with E-state index < -0.39 is 89.7 Å². The molecule has 0 saturated carbocycles. The molecule has 4 N–H and O–H groups in total. The summed E-state index contributed by atoms with van der Waals surface area (Å²) in [5.74, 6) is -3.48. The summed E-state index contributed by atoms with van der Waals surface area (Å²) in [6.45, 7) is 16.9. The second-order valence-corrected chi connectivity index (χ2v) is 16.0. The predicted molar refractivity (Wildman–Crippen MR) is 185 cm³/mol. The second kappa shape index (κ2) is 23.1. The van der Waals surface area contributed by atoms with E-state index in [1.54, 1.807) is 55.4 Å². The van der Waals surface area contributed by atoms with Crippen molar-refractivity contribution < 1.29 is 191 Å². The number of aliphatic hydroxyl groups excluding tert-OH is 2. The molecule has 0 aromatic rings. The molecule has 53 heavy (non-hydrogen) atoms. The molecule has 299 valence electrons. The number of carbonyl (C=O) groups excluding carboxylic acids is 2. The van der Waals surface area contributed by atoms with Crippen LogP contribution in [0.4, 0.5) is 0 Å². The summed E-state index contributed by atoms with van der Waals surface area (Å²) in [4.78, 5) is 29.6. The van der Waals surface area contributed by atoms with E-state index in [0.717, 1.165) is 0 Å². The number of nitrogens with zero attached hydrogens (tertiary/aromatic N) is 1. The number of likely N-dealkylation sites (N-methyl/N-ethyl adjacent to an activating group) is 1. The van der Waals surface area contributed by atoms with Crippen molar-refractivity contribution >= 4 is 11.8 Å². The zero-order valence-corrected chi connectivity index (χ0v) is 48.4. The first-order valence-electron chi connectivity index (χ1n) is 18.1. The summed E-state index contributed by atoms with van der Waals surface area (Å²) in [6, 6.07) is -0.300. The third-order valence-corrected chi connectivity index (χ3v) is 11.2. The number of ether oxygens (including phenoxy) is 6. The Labute approximate surface area is 424 Å². The van der Waals surface area contributed by atoms with E-state index >= 15 is 0 Å². The summed E-state index contributed by atoms with van der Waals surface area (Å²) in [6.07, 6.45) is -5.98. The smallest absolute Gasteiger partial charge is 0.311 e. The van der Waals surface area contributed by atoms with Crippen LogP contribution >= 0.6 is 0 Å². The van der Waals surface area contributed by atoms with Gasteiger partial charge in [0.05, 0.1) is 41.5 Å². The Morgan fingerprint density at radius 2 is 1.53 bits per heavy atom. The van der Waals surface area contributed by atoms with Gasteiger partial charge in [0.2, 0.25) is 0 Å². The van der Waals surface area contributed by atoms with Crippen LogP contribution in [0.5, 0.6) is 0 Å². The topological polar surface area (TPSA) is 174 Å². The van der Waals surface area contributed by atoms with Gasteiger partial charge >= 0.3 is 5.97 Å². The third kappa shape index (κ3) is 13.9. The van der Waals surface area contributed by atoms with E-state index in [9.17, 15) is 30.0 Å². The average Bonchev–Trinajstić information content (AvgIpc) is 3.02. The minimum absolute atomic E-state index is 0. The molecule has 0 aliphatic carbocycles. The molecule has 1 unspecified atom stereocenters. The monoisotopic (exact) mass is 1400 g/mol. The zero-order valence-electron chi connectivity index (χ0n) is 34.1. The predicted octanol–water partition coefficient (Wildman–Crippen LogP) is 2.73. The average molecular weight is 1400 g/mol. The van der Waals surface area contributed by atoms with E-state index in [-0.39, 0.29) is 175 Å². The van der Waals surface area contributed by atoms with Crippen LogP contribution in [0.25, 0.3) is 0 Å². The largest absolute Gasteiger partial charge is 0.459 e. The van der Waals surface area contributed by atoms with Gasteiger partial charge in [0, 0.05) is 164 Å². The number of methoxy groups -OCH3 is 1. The molecule has 0 aromatic heterocycles. The number of hydrogen-bond acceptors (Lipinski definition) is 13. The van der Waals surface area contributed by atoms with Crippen LogP contribution in [-0.4, -0.2) is 136 Å². The van der Waals surface area contributed by atoms with Crippen molar-refractivity contribution in [2.24, 2.45) is 17.8 Å². The fourth-order valence-electron chi connectivity index (χ4n) is 8.09. The molecule has 2 fully saturated rings. The number of allylic oxidation sites excluding steroid dienone is 1. The van der Waals surface area contributed by atoms with Crippen molar-refractivity contribution in [3.05, 3.63) is 11.6 Å². The SMILES string of the molecule is CC[C@H]1OC(=O)[C@H](C)[C@@H](O[C@H]2C[C@@](C)(OC)[C@@H](O)[C@H](C)O2)[C@H](C)[C@@H](OC2O[C@H](C)C[C@H](N(C)C)[C@H]2O)[C@](C)(O)C[C@@H](C)C(=O)/C(C)=C/[C@]1(C)O.[Ac].[Ac].[Ac]. The quantitative estimate of drug-likeness (QED) is 0.275. The van der Waals surface area contributed by atoms with Crippen molar-refractivity contribution in [3.63, 3.8) is 0 Å². The van der Waals surface area contributed by atoms with Gasteiger partial charge in [0.1, 0.15) is 23.9 Å². The normalized spacial score (nSPS) is 45.7. The number of Topliss-reactive ketones (excluding diaryl/α,β-unsaturated/α-hetero) is 1. The van der Waals surface area contributed by atoms with Crippen molar-refractivity contribution in [3.8, 4) is 0 Å². The fraction of sp³-hybridized carbons (Fsp3) is 0.892. The van der Waals surface area contributed by atoms with Gasteiger partial charge in [-0.25, -0.2) is 0 Å². The Morgan fingerprint density at radius 3 is 2.06 bits per heavy atom. The molecule has 0 amide bonds. The second-order valence-electron chi connectivity index (χ2n) is 16.0. The van der Waals surface area contributed by atoms with Crippen LogP contribution in [0.1, 0.15) is 94.9 Å². The minimum atomic E-state index is -1.73. The van der Waals surface area contributed by atoms with Gasteiger partial charge in [-0.2, -0.15) is 0 Å². The molecule has 3 rings (SSSR count). The Bertz CT molecular complexity index is 1210. The number of ketones is 1. The Balaban J connectivity index is 0.00000901.